The summed E-state index contributed by atoms with van der Waals surface area (Å²) in [5.41, 5.74) is 1.24. The topological polar surface area (TPSA) is 84.9 Å². The fraction of sp³-hybridized carbons (Fsp3) is 0.263. The molecule has 0 aliphatic carbocycles. The maximum absolute atomic E-state index is 12.1. The largest absolute Gasteiger partial charge is 0.508 e. The van der Waals surface area contributed by atoms with Gasteiger partial charge in [-0.1, -0.05) is 26.8 Å². The SMILES string of the molecule is CC(C)(C)c1ccc(OC=O)cc1OCC(=O)Nc1ccc(O)cc1. The van der Waals surface area contributed by atoms with Crippen LogP contribution in [0.3, 0.4) is 0 Å². The third kappa shape index (κ3) is 5.24. The van der Waals surface area contributed by atoms with Gasteiger partial charge in [0.05, 0.1) is 0 Å². The van der Waals surface area contributed by atoms with Crippen LogP contribution in [0, 0.1) is 0 Å². The molecule has 2 aromatic rings. The molecule has 6 nitrogen and oxygen atoms in total. The molecule has 132 valence electrons. The molecule has 25 heavy (non-hydrogen) atoms. The second-order valence-electron chi connectivity index (χ2n) is 6.51. The normalized spacial score (nSPS) is 10.8. The lowest BCUT2D eigenvalue weighted by atomic mass is 9.86. The van der Waals surface area contributed by atoms with Crippen LogP contribution in [-0.2, 0) is 15.0 Å². The molecule has 0 atom stereocenters. The number of phenols is 1. The van der Waals surface area contributed by atoms with E-state index in [0.29, 0.717) is 23.7 Å². The Labute approximate surface area is 146 Å². The first-order valence-electron chi connectivity index (χ1n) is 7.76. The highest BCUT2D eigenvalue weighted by Crippen LogP contribution is 2.34. The fourth-order valence-corrected chi connectivity index (χ4v) is 2.26. The minimum atomic E-state index is -0.341. The standard InChI is InChI=1S/C19H21NO5/c1-19(2,3)16-9-8-15(25-12-21)10-17(16)24-11-18(23)20-13-4-6-14(22)7-5-13/h4-10,12,22H,11H2,1-3H3,(H,20,23). The van der Waals surface area contributed by atoms with Crippen molar-refractivity contribution in [2.24, 2.45) is 0 Å². The van der Waals surface area contributed by atoms with Gasteiger partial charge >= 0.3 is 0 Å². The van der Waals surface area contributed by atoms with Gasteiger partial charge in [0, 0.05) is 11.8 Å². The summed E-state index contributed by atoms with van der Waals surface area (Å²) < 4.78 is 10.5. The number of benzene rings is 2. The predicted octanol–water partition coefficient (Wildman–Crippen LogP) is 3.24. The van der Waals surface area contributed by atoms with Crippen LogP contribution in [0.5, 0.6) is 17.2 Å². The van der Waals surface area contributed by atoms with Crippen molar-refractivity contribution in [2.45, 2.75) is 26.2 Å². The predicted molar refractivity (Wildman–Crippen MR) is 94.1 cm³/mol. The number of phenolic OH excluding ortho intramolecular Hbond substituents is 1. The van der Waals surface area contributed by atoms with Crippen molar-refractivity contribution in [3.63, 3.8) is 0 Å². The van der Waals surface area contributed by atoms with E-state index in [1.54, 1.807) is 24.3 Å². The molecule has 0 unspecified atom stereocenters. The van der Waals surface area contributed by atoms with Crippen LogP contribution < -0.4 is 14.8 Å². The van der Waals surface area contributed by atoms with E-state index in [0.717, 1.165) is 5.56 Å². The number of nitrogens with one attached hydrogen (secondary N) is 1. The summed E-state index contributed by atoms with van der Waals surface area (Å²) in [7, 11) is 0. The smallest absolute Gasteiger partial charge is 0.298 e. The first kappa shape index (κ1) is 18.3. The number of anilines is 1. The summed E-state index contributed by atoms with van der Waals surface area (Å²) in [5, 5.41) is 11.9. The van der Waals surface area contributed by atoms with E-state index in [9.17, 15) is 14.7 Å². The molecular weight excluding hydrogens is 322 g/mol. The summed E-state index contributed by atoms with van der Waals surface area (Å²) in [6.45, 7) is 6.20. The summed E-state index contributed by atoms with van der Waals surface area (Å²) in [6, 6.07) is 11.2. The van der Waals surface area contributed by atoms with Crippen LogP contribution in [0.25, 0.3) is 0 Å². The number of carbonyl (C=O) groups is 2. The monoisotopic (exact) mass is 343 g/mol. The van der Waals surface area contributed by atoms with E-state index in [2.05, 4.69) is 5.32 Å². The zero-order chi connectivity index (χ0) is 18.4. The van der Waals surface area contributed by atoms with Crippen LogP contribution in [-0.4, -0.2) is 24.1 Å². The van der Waals surface area contributed by atoms with Crippen molar-refractivity contribution in [2.75, 3.05) is 11.9 Å². The van der Waals surface area contributed by atoms with Gasteiger partial charge < -0.3 is 19.9 Å². The summed E-state index contributed by atoms with van der Waals surface area (Å²) in [5.74, 6) is 0.605. The molecule has 0 radical (unpaired) electrons. The Balaban J connectivity index is 2.09. The molecule has 0 aromatic heterocycles. The first-order chi connectivity index (χ1) is 11.8. The highest BCUT2D eigenvalue weighted by Gasteiger charge is 2.20. The number of hydrogen-bond acceptors (Lipinski definition) is 5. The Hall–Kier alpha value is -3.02. The molecule has 0 spiro atoms. The van der Waals surface area contributed by atoms with Crippen molar-refractivity contribution >= 4 is 18.1 Å². The molecule has 2 aromatic carbocycles. The lowest BCUT2D eigenvalue weighted by Crippen LogP contribution is -2.22. The van der Waals surface area contributed by atoms with Crippen molar-refractivity contribution < 1.29 is 24.2 Å². The van der Waals surface area contributed by atoms with E-state index >= 15 is 0 Å². The van der Waals surface area contributed by atoms with Gasteiger partial charge in [-0.15, -0.1) is 0 Å². The van der Waals surface area contributed by atoms with E-state index in [-0.39, 0.29) is 23.7 Å². The van der Waals surface area contributed by atoms with E-state index in [1.807, 2.05) is 26.8 Å². The molecule has 0 heterocycles. The Kier molecular flexibility index (Phi) is 5.64. The van der Waals surface area contributed by atoms with Crippen LogP contribution in [0.2, 0.25) is 0 Å². The Bertz CT molecular complexity index is 747. The van der Waals surface area contributed by atoms with Crippen LogP contribution in [0.1, 0.15) is 26.3 Å². The summed E-state index contributed by atoms with van der Waals surface area (Å²) in [6.07, 6.45) is 0. The van der Waals surface area contributed by atoms with Gasteiger partial charge in [0.15, 0.2) is 6.61 Å². The number of amides is 1. The molecule has 2 N–H and O–H groups in total. The van der Waals surface area contributed by atoms with Crippen molar-refractivity contribution in [1.82, 2.24) is 0 Å². The molecule has 0 aliphatic heterocycles. The maximum atomic E-state index is 12.1. The molecule has 0 fully saturated rings. The second-order valence-corrected chi connectivity index (χ2v) is 6.51. The van der Waals surface area contributed by atoms with Crippen molar-refractivity contribution in [3.8, 4) is 17.2 Å². The highest BCUT2D eigenvalue weighted by atomic mass is 16.5. The van der Waals surface area contributed by atoms with Crippen LogP contribution in [0.4, 0.5) is 5.69 Å². The Morgan fingerprint density at radius 2 is 1.84 bits per heavy atom. The zero-order valence-electron chi connectivity index (χ0n) is 14.4. The van der Waals surface area contributed by atoms with E-state index in [1.165, 1.54) is 12.1 Å². The Morgan fingerprint density at radius 3 is 2.44 bits per heavy atom. The maximum Gasteiger partial charge on any atom is 0.298 e. The average Bonchev–Trinajstić information content (AvgIpc) is 2.54. The Morgan fingerprint density at radius 1 is 1.16 bits per heavy atom. The minimum absolute atomic E-state index is 0.121. The average molecular weight is 343 g/mol. The van der Waals surface area contributed by atoms with Gasteiger partial charge in [-0.25, -0.2) is 0 Å². The quantitative estimate of drug-likeness (QED) is 0.621. The van der Waals surface area contributed by atoms with Gasteiger partial charge in [-0.05, 0) is 41.3 Å². The van der Waals surface area contributed by atoms with Gasteiger partial charge in [-0.3, -0.25) is 9.59 Å². The molecular formula is C19H21NO5. The van der Waals surface area contributed by atoms with Crippen LogP contribution >= 0.6 is 0 Å². The second kappa shape index (κ2) is 7.70. The third-order valence-electron chi connectivity index (χ3n) is 3.46. The fourth-order valence-electron chi connectivity index (χ4n) is 2.26. The third-order valence-corrected chi connectivity index (χ3v) is 3.46. The zero-order valence-corrected chi connectivity index (χ0v) is 14.4. The number of carbonyl (C=O) groups excluding carboxylic acids is 2. The van der Waals surface area contributed by atoms with Gasteiger partial charge in [0.1, 0.15) is 17.2 Å². The molecule has 0 saturated heterocycles. The summed E-state index contributed by atoms with van der Waals surface area (Å²) in [4.78, 5) is 22.6. The molecule has 0 saturated carbocycles. The van der Waals surface area contributed by atoms with Crippen LogP contribution in [0.15, 0.2) is 42.5 Å². The minimum Gasteiger partial charge on any atom is -0.508 e. The molecule has 0 bridgehead atoms. The lowest BCUT2D eigenvalue weighted by molar-refractivity contribution is -0.121. The lowest BCUT2D eigenvalue weighted by Gasteiger charge is -2.23. The van der Waals surface area contributed by atoms with Gasteiger partial charge in [0.2, 0.25) is 0 Å². The molecule has 2 rings (SSSR count). The number of hydrogen-bond donors (Lipinski definition) is 2. The van der Waals surface area contributed by atoms with E-state index < -0.39 is 0 Å². The van der Waals surface area contributed by atoms with Crippen molar-refractivity contribution in [1.29, 1.82) is 0 Å². The number of aromatic hydroxyl groups is 1. The molecule has 0 aliphatic rings. The summed E-state index contributed by atoms with van der Waals surface area (Å²) >= 11 is 0. The number of rotatable bonds is 6. The highest BCUT2D eigenvalue weighted by molar-refractivity contribution is 5.91. The first-order valence-corrected chi connectivity index (χ1v) is 7.76. The molecule has 1 amide bonds. The van der Waals surface area contributed by atoms with Gasteiger partial charge in [0.25, 0.3) is 12.4 Å². The van der Waals surface area contributed by atoms with Gasteiger partial charge in [-0.2, -0.15) is 0 Å². The molecule has 6 heteroatoms. The van der Waals surface area contributed by atoms with Crippen molar-refractivity contribution in [3.05, 3.63) is 48.0 Å². The van der Waals surface area contributed by atoms with E-state index in [4.69, 9.17) is 9.47 Å². The number of ether oxygens (including phenoxy) is 2.